The average molecular weight is 234 g/mol. The Morgan fingerprint density at radius 3 is 2.47 bits per heavy atom. The lowest BCUT2D eigenvalue weighted by Gasteiger charge is -2.23. The Labute approximate surface area is 99.5 Å². The summed E-state index contributed by atoms with van der Waals surface area (Å²) in [6.07, 6.45) is 0.191. The van der Waals surface area contributed by atoms with E-state index in [1.807, 2.05) is 6.07 Å². The zero-order chi connectivity index (χ0) is 13.0. The minimum Gasteiger partial charge on any atom is -0.507 e. The van der Waals surface area contributed by atoms with E-state index in [0.717, 1.165) is 0 Å². The Bertz CT molecular complexity index is 445. The second-order valence-electron chi connectivity index (χ2n) is 3.80. The molecule has 90 valence electrons. The number of nitriles is 1. The van der Waals surface area contributed by atoms with Gasteiger partial charge in [0.2, 0.25) is 0 Å². The first-order valence-electron chi connectivity index (χ1n) is 5.14. The van der Waals surface area contributed by atoms with Crippen LogP contribution in [0.15, 0.2) is 18.2 Å². The van der Waals surface area contributed by atoms with Crippen LogP contribution in [0.2, 0.25) is 0 Å². The molecule has 5 heteroatoms. The normalized spacial score (nSPS) is 11.6. The van der Waals surface area contributed by atoms with E-state index in [-0.39, 0.29) is 29.5 Å². The van der Waals surface area contributed by atoms with Crippen molar-refractivity contribution in [2.24, 2.45) is 0 Å². The number of carbonyl (C=O) groups is 1. The second-order valence-corrected chi connectivity index (χ2v) is 3.80. The van der Waals surface area contributed by atoms with Crippen LogP contribution in [-0.2, 0) is 0 Å². The van der Waals surface area contributed by atoms with Crippen LogP contribution in [0.4, 0.5) is 0 Å². The molecule has 5 nitrogen and oxygen atoms in total. The summed E-state index contributed by atoms with van der Waals surface area (Å²) in [6.45, 7) is 1.72. The van der Waals surface area contributed by atoms with Gasteiger partial charge in [0.1, 0.15) is 17.1 Å². The van der Waals surface area contributed by atoms with Gasteiger partial charge in [0.05, 0.1) is 12.5 Å². The number of nitrogens with zero attached hydrogens (tertiary/aromatic N) is 2. The highest BCUT2D eigenvalue weighted by atomic mass is 16.3. The molecule has 17 heavy (non-hydrogen) atoms. The van der Waals surface area contributed by atoms with Gasteiger partial charge < -0.3 is 15.1 Å². The van der Waals surface area contributed by atoms with Gasteiger partial charge in [-0.05, 0) is 19.1 Å². The minimum atomic E-state index is -0.511. The molecule has 1 aromatic rings. The van der Waals surface area contributed by atoms with Crippen molar-refractivity contribution in [3.8, 4) is 17.6 Å². The summed E-state index contributed by atoms with van der Waals surface area (Å²) in [7, 11) is 1.52. The summed E-state index contributed by atoms with van der Waals surface area (Å²) in [5, 5.41) is 27.7. The molecule has 1 aromatic carbocycles. The van der Waals surface area contributed by atoms with Crippen molar-refractivity contribution in [1.82, 2.24) is 4.90 Å². The van der Waals surface area contributed by atoms with Crippen molar-refractivity contribution in [2.45, 2.75) is 19.4 Å². The summed E-state index contributed by atoms with van der Waals surface area (Å²) in [5.41, 5.74) is -0.139. The van der Waals surface area contributed by atoms with E-state index in [1.54, 1.807) is 6.92 Å². The minimum absolute atomic E-state index is 0.139. The molecule has 1 amide bonds. The predicted molar refractivity (Wildman–Crippen MR) is 61.6 cm³/mol. The molecular weight excluding hydrogens is 220 g/mol. The van der Waals surface area contributed by atoms with Gasteiger partial charge in [-0.3, -0.25) is 4.79 Å². The van der Waals surface area contributed by atoms with E-state index in [2.05, 4.69) is 0 Å². The van der Waals surface area contributed by atoms with Crippen LogP contribution in [0, 0.1) is 11.3 Å². The molecule has 1 rings (SSSR count). The highest BCUT2D eigenvalue weighted by Crippen LogP contribution is 2.27. The quantitative estimate of drug-likeness (QED) is 0.829. The molecule has 0 heterocycles. The van der Waals surface area contributed by atoms with Crippen molar-refractivity contribution in [2.75, 3.05) is 7.05 Å². The Morgan fingerprint density at radius 2 is 2.00 bits per heavy atom. The lowest BCUT2D eigenvalue weighted by Crippen LogP contribution is -2.34. The number of rotatable bonds is 3. The van der Waals surface area contributed by atoms with Crippen molar-refractivity contribution in [1.29, 1.82) is 5.26 Å². The number of hydrogen-bond donors (Lipinski definition) is 2. The summed E-state index contributed by atoms with van der Waals surface area (Å²) < 4.78 is 0. The van der Waals surface area contributed by atoms with Crippen LogP contribution in [0.3, 0.4) is 0 Å². The molecule has 2 N–H and O–H groups in total. The summed E-state index contributed by atoms with van der Waals surface area (Å²) in [5.74, 6) is -1.06. The van der Waals surface area contributed by atoms with Crippen LogP contribution < -0.4 is 0 Å². The van der Waals surface area contributed by atoms with Gasteiger partial charge in [-0.1, -0.05) is 6.07 Å². The highest BCUT2D eigenvalue weighted by molar-refractivity contribution is 5.99. The topological polar surface area (TPSA) is 84.6 Å². The number of carbonyl (C=O) groups excluding carboxylic acids is 1. The monoisotopic (exact) mass is 234 g/mol. The van der Waals surface area contributed by atoms with Crippen molar-refractivity contribution in [3.05, 3.63) is 23.8 Å². The molecule has 0 fully saturated rings. The number of phenols is 2. The number of benzene rings is 1. The van der Waals surface area contributed by atoms with E-state index in [9.17, 15) is 15.0 Å². The number of amides is 1. The molecular formula is C12H14N2O3. The second kappa shape index (κ2) is 5.21. The van der Waals surface area contributed by atoms with Gasteiger partial charge in [-0.2, -0.15) is 5.26 Å². The maximum atomic E-state index is 12.0. The maximum Gasteiger partial charge on any atom is 0.261 e. The molecule has 0 aliphatic heterocycles. The summed E-state index contributed by atoms with van der Waals surface area (Å²) in [6, 6.07) is 5.78. The molecule has 0 saturated heterocycles. The molecule has 0 bridgehead atoms. The smallest absolute Gasteiger partial charge is 0.261 e. The Kier molecular flexibility index (Phi) is 3.94. The summed E-state index contributed by atoms with van der Waals surface area (Å²) in [4.78, 5) is 13.3. The fourth-order valence-corrected chi connectivity index (χ4v) is 1.39. The molecule has 0 spiro atoms. The van der Waals surface area contributed by atoms with Crippen molar-refractivity contribution in [3.63, 3.8) is 0 Å². The maximum absolute atomic E-state index is 12.0. The lowest BCUT2D eigenvalue weighted by atomic mass is 10.1. The van der Waals surface area contributed by atoms with Gasteiger partial charge in [-0.15, -0.1) is 0 Å². The fourth-order valence-electron chi connectivity index (χ4n) is 1.39. The van der Waals surface area contributed by atoms with Gasteiger partial charge in [-0.25, -0.2) is 0 Å². The highest BCUT2D eigenvalue weighted by Gasteiger charge is 2.22. The summed E-state index contributed by atoms with van der Waals surface area (Å²) >= 11 is 0. The van der Waals surface area contributed by atoms with Crippen LogP contribution in [0.5, 0.6) is 11.5 Å². The van der Waals surface area contributed by atoms with E-state index >= 15 is 0 Å². The standard InChI is InChI=1S/C12H14N2O3/c1-8(6-7-13)14(2)12(17)11-9(15)4-3-5-10(11)16/h3-5,8,15-16H,6H2,1-2H3. The number of hydrogen-bond acceptors (Lipinski definition) is 4. The third-order valence-electron chi connectivity index (χ3n) is 2.60. The SMILES string of the molecule is CC(CC#N)N(C)C(=O)c1c(O)cccc1O. The van der Waals surface area contributed by atoms with Crippen molar-refractivity contribution >= 4 is 5.91 Å². The van der Waals surface area contributed by atoms with Gasteiger partial charge in [0.15, 0.2) is 0 Å². The molecule has 1 atom stereocenters. The molecule has 0 radical (unpaired) electrons. The zero-order valence-corrected chi connectivity index (χ0v) is 9.71. The Morgan fingerprint density at radius 1 is 1.47 bits per heavy atom. The first-order valence-corrected chi connectivity index (χ1v) is 5.14. The van der Waals surface area contributed by atoms with Gasteiger partial charge >= 0.3 is 0 Å². The van der Waals surface area contributed by atoms with Crippen LogP contribution in [-0.4, -0.2) is 34.1 Å². The van der Waals surface area contributed by atoms with Gasteiger partial charge in [0, 0.05) is 13.1 Å². The first-order chi connectivity index (χ1) is 7.99. The predicted octanol–water partition coefficient (Wildman–Crippen LogP) is 1.47. The van der Waals surface area contributed by atoms with Crippen LogP contribution in [0.25, 0.3) is 0 Å². The zero-order valence-electron chi connectivity index (χ0n) is 9.71. The van der Waals surface area contributed by atoms with Gasteiger partial charge in [0.25, 0.3) is 5.91 Å². The number of phenolic OH excluding ortho intramolecular Hbond substituents is 2. The first kappa shape index (κ1) is 12.8. The molecule has 1 unspecified atom stereocenters. The molecule has 0 aliphatic rings. The van der Waals surface area contributed by atoms with E-state index in [0.29, 0.717) is 0 Å². The third-order valence-corrected chi connectivity index (χ3v) is 2.60. The number of aromatic hydroxyl groups is 2. The third kappa shape index (κ3) is 2.67. The van der Waals surface area contributed by atoms with Crippen LogP contribution >= 0.6 is 0 Å². The van der Waals surface area contributed by atoms with E-state index in [4.69, 9.17) is 5.26 Å². The molecule has 0 aliphatic carbocycles. The van der Waals surface area contributed by atoms with Crippen LogP contribution in [0.1, 0.15) is 23.7 Å². The average Bonchev–Trinajstić information content (AvgIpc) is 2.27. The molecule has 0 aromatic heterocycles. The lowest BCUT2D eigenvalue weighted by molar-refractivity contribution is 0.0740. The van der Waals surface area contributed by atoms with E-state index < -0.39 is 5.91 Å². The fraction of sp³-hybridized carbons (Fsp3) is 0.333. The Balaban J connectivity index is 3.01. The molecule has 0 saturated carbocycles. The van der Waals surface area contributed by atoms with E-state index in [1.165, 1.54) is 30.1 Å². The Hall–Kier alpha value is -2.22. The largest absolute Gasteiger partial charge is 0.507 e. The van der Waals surface area contributed by atoms with Crippen molar-refractivity contribution < 1.29 is 15.0 Å².